The molecule has 27 heavy (non-hydrogen) atoms. The van der Waals surface area contributed by atoms with Crippen molar-refractivity contribution in [1.29, 1.82) is 0 Å². The number of hydrogen-bond acceptors (Lipinski definition) is 5. The number of rotatable bonds is 8. The van der Waals surface area contributed by atoms with Crippen LogP contribution in [-0.2, 0) is 6.54 Å². The van der Waals surface area contributed by atoms with Crippen molar-refractivity contribution in [1.82, 2.24) is 9.97 Å². The van der Waals surface area contributed by atoms with E-state index in [0.717, 1.165) is 34.9 Å². The zero-order valence-electron chi connectivity index (χ0n) is 16.1. The minimum atomic E-state index is 0.538. The average Bonchev–Trinajstić information content (AvgIpc) is 2.71. The first-order chi connectivity index (χ1) is 13.1. The van der Waals surface area contributed by atoms with Gasteiger partial charge in [-0.2, -0.15) is 4.98 Å². The standard InChI is InChI=1S/C22H26N4O/c1-16(2)14-23-21-13-20(18-7-5-4-6-8-18)25-22(26-21)24-15-17-9-11-19(27-3)12-10-17/h4-13,16H,14-15H2,1-3H3,(H2,23,24,25,26). The molecule has 0 saturated carbocycles. The summed E-state index contributed by atoms with van der Waals surface area (Å²) in [6, 6.07) is 20.1. The van der Waals surface area contributed by atoms with E-state index in [1.165, 1.54) is 0 Å². The second-order valence-electron chi connectivity index (χ2n) is 6.80. The SMILES string of the molecule is COc1ccc(CNc2nc(NCC(C)C)cc(-c3ccccc3)n2)cc1. The van der Waals surface area contributed by atoms with Gasteiger partial charge in [0.1, 0.15) is 11.6 Å². The Morgan fingerprint density at radius 2 is 1.67 bits per heavy atom. The highest BCUT2D eigenvalue weighted by Crippen LogP contribution is 2.22. The summed E-state index contributed by atoms with van der Waals surface area (Å²) in [5.74, 6) is 2.82. The van der Waals surface area contributed by atoms with Gasteiger partial charge in [0.05, 0.1) is 12.8 Å². The van der Waals surface area contributed by atoms with Crippen LogP contribution in [0.1, 0.15) is 19.4 Å². The van der Waals surface area contributed by atoms with E-state index in [4.69, 9.17) is 9.72 Å². The summed E-state index contributed by atoms with van der Waals surface area (Å²) in [6.07, 6.45) is 0. The number of aromatic nitrogens is 2. The first kappa shape index (κ1) is 18.7. The van der Waals surface area contributed by atoms with Gasteiger partial charge in [0.2, 0.25) is 5.95 Å². The molecule has 0 atom stereocenters. The number of benzene rings is 2. The van der Waals surface area contributed by atoms with Crippen LogP contribution in [0.3, 0.4) is 0 Å². The molecule has 2 N–H and O–H groups in total. The molecule has 3 aromatic rings. The van der Waals surface area contributed by atoms with Gasteiger partial charge in [-0.15, -0.1) is 0 Å². The molecule has 0 bridgehead atoms. The molecule has 1 heterocycles. The summed E-state index contributed by atoms with van der Waals surface area (Å²) in [5, 5.41) is 6.73. The van der Waals surface area contributed by atoms with Gasteiger partial charge < -0.3 is 15.4 Å². The highest BCUT2D eigenvalue weighted by molar-refractivity contribution is 5.64. The predicted octanol–water partition coefficient (Wildman–Crippen LogP) is 4.83. The van der Waals surface area contributed by atoms with Crippen LogP contribution in [0, 0.1) is 5.92 Å². The maximum absolute atomic E-state index is 5.21. The molecule has 5 heteroatoms. The number of methoxy groups -OCH3 is 1. The van der Waals surface area contributed by atoms with Crippen LogP contribution >= 0.6 is 0 Å². The number of hydrogen-bond donors (Lipinski definition) is 2. The Hall–Kier alpha value is -3.08. The topological polar surface area (TPSA) is 59.1 Å². The molecule has 0 fully saturated rings. The minimum absolute atomic E-state index is 0.538. The summed E-state index contributed by atoms with van der Waals surface area (Å²) < 4.78 is 5.21. The highest BCUT2D eigenvalue weighted by Gasteiger charge is 2.07. The van der Waals surface area contributed by atoms with Crippen LogP contribution in [0.15, 0.2) is 60.7 Å². The third-order valence-corrected chi connectivity index (χ3v) is 4.10. The molecule has 0 spiro atoms. The van der Waals surface area contributed by atoms with Crippen molar-refractivity contribution >= 4 is 11.8 Å². The van der Waals surface area contributed by atoms with Gasteiger partial charge >= 0.3 is 0 Å². The van der Waals surface area contributed by atoms with Gasteiger partial charge in [0, 0.05) is 24.7 Å². The normalized spacial score (nSPS) is 10.7. The third-order valence-electron chi connectivity index (χ3n) is 4.10. The molecular formula is C22H26N4O. The van der Waals surface area contributed by atoms with E-state index >= 15 is 0 Å². The van der Waals surface area contributed by atoms with Crippen LogP contribution in [0.2, 0.25) is 0 Å². The third kappa shape index (κ3) is 5.45. The van der Waals surface area contributed by atoms with Crippen molar-refractivity contribution < 1.29 is 4.74 Å². The lowest BCUT2D eigenvalue weighted by molar-refractivity contribution is 0.414. The lowest BCUT2D eigenvalue weighted by Crippen LogP contribution is -2.11. The summed E-state index contributed by atoms with van der Waals surface area (Å²) in [5.41, 5.74) is 3.11. The molecule has 3 rings (SSSR count). The van der Waals surface area contributed by atoms with E-state index < -0.39 is 0 Å². The van der Waals surface area contributed by atoms with Crippen molar-refractivity contribution in [3.8, 4) is 17.0 Å². The van der Waals surface area contributed by atoms with Crippen LogP contribution in [-0.4, -0.2) is 23.6 Å². The maximum Gasteiger partial charge on any atom is 0.225 e. The fourth-order valence-corrected chi connectivity index (χ4v) is 2.61. The minimum Gasteiger partial charge on any atom is -0.497 e. The van der Waals surface area contributed by atoms with E-state index in [0.29, 0.717) is 18.4 Å². The monoisotopic (exact) mass is 362 g/mol. The summed E-state index contributed by atoms with van der Waals surface area (Å²) in [4.78, 5) is 9.31. The van der Waals surface area contributed by atoms with E-state index in [9.17, 15) is 0 Å². The fourth-order valence-electron chi connectivity index (χ4n) is 2.61. The Balaban J connectivity index is 1.80. The number of nitrogens with one attached hydrogen (secondary N) is 2. The quantitative estimate of drug-likeness (QED) is 0.601. The molecule has 0 saturated heterocycles. The number of anilines is 2. The van der Waals surface area contributed by atoms with Gasteiger partial charge in [-0.1, -0.05) is 56.3 Å². The summed E-state index contributed by atoms with van der Waals surface area (Å²) >= 11 is 0. The maximum atomic E-state index is 5.21. The molecule has 0 aliphatic heterocycles. The van der Waals surface area contributed by atoms with E-state index in [2.05, 4.69) is 41.6 Å². The van der Waals surface area contributed by atoms with Crippen LogP contribution in [0.25, 0.3) is 11.3 Å². The Labute approximate surface area is 160 Å². The first-order valence-electron chi connectivity index (χ1n) is 9.19. The molecule has 2 aromatic carbocycles. The van der Waals surface area contributed by atoms with Crippen LogP contribution < -0.4 is 15.4 Å². The van der Waals surface area contributed by atoms with Crippen molar-refractivity contribution in [2.75, 3.05) is 24.3 Å². The average molecular weight is 362 g/mol. The Morgan fingerprint density at radius 3 is 2.33 bits per heavy atom. The van der Waals surface area contributed by atoms with E-state index in [1.54, 1.807) is 7.11 Å². The Morgan fingerprint density at radius 1 is 0.926 bits per heavy atom. The van der Waals surface area contributed by atoms with E-state index in [-0.39, 0.29) is 0 Å². The van der Waals surface area contributed by atoms with Crippen LogP contribution in [0.5, 0.6) is 5.75 Å². The van der Waals surface area contributed by atoms with Gasteiger partial charge in [-0.05, 0) is 23.6 Å². The Bertz CT molecular complexity index is 848. The van der Waals surface area contributed by atoms with Crippen molar-refractivity contribution in [2.24, 2.45) is 5.92 Å². The molecule has 5 nitrogen and oxygen atoms in total. The van der Waals surface area contributed by atoms with Gasteiger partial charge in [-0.3, -0.25) is 0 Å². The summed E-state index contributed by atoms with van der Waals surface area (Å²) in [6.45, 7) is 5.86. The van der Waals surface area contributed by atoms with Gasteiger partial charge in [0.25, 0.3) is 0 Å². The molecule has 0 aliphatic carbocycles. The van der Waals surface area contributed by atoms with E-state index in [1.807, 2.05) is 48.5 Å². The van der Waals surface area contributed by atoms with Gasteiger partial charge in [0.15, 0.2) is 0 Å². The first-order valence-corrected chi connectivity index (χ1v) is 9.19. The van der Waals surface area contributed by atoms with Gasteiger partial charge in [-0.25, -0.2) is 4.98 Å². The molecule has 0 unspecified atom stereocenters. The lowest BCUT2D eigenvalue weighted by atomic mass is 10.1. The molecule has 1 aromatic heterocycles. The number of ether oxygens (including phenoxy) is 1. The van der Waals surface area contributed by atoms with Crippen molar-refractivity contribution in [2.45, 2.75) is 20.4 Å². The lowest BCUT2D eigenvalue weighted by Gasteiger charge is -2.13. The summed E-state index contributed by atoms with van der Waals surface area (Å²) in [7, 11) is 1.67. The molecule has 140 valence electrons. The second-order valence-corrected chi connectivity index (χ2v) is 6.80. The molecule has 0 radical (unpaired) electrons. The van der Waals surface area contributed by atoms with Crippen molar-refractivity contribution in [3.63, 3.8) is 0 Å². The predicted molar refractivity (Wildman–Crippen MR) is 111 cm³/mol. The zero-order valence-corrected chi connectivity index (χ0v) is 16.1. The fraction of sp³-hybridized carbons (Fsp3) is 0.273. The second kappa shape index (κ2) is 9.03. The highest BCUT2D eigenvalue weighted by atomic mass is 16.5. The zero-order chi connectivity index (χ0) is 19.1. The van der Waals surface area contributed by atoms with Crippen molar-refractivity contribution in [3.05, 3.63) is 66.2 Å². The molecule has 0 amide bonds. The Kier molecular flexibility index (Phi) is 6.26. The van der Waals surface area contributed by atoms with Crippen LogP contribution in [0.4, 0.5) is 11.8 Å². The largest absolute Gasteiger partial charge is 0.497 e. The molecular weight excluding hydrogens is 336 g/mol. The smallest absolute Gasteiger partial charge is 0.225 e. The number of nitrogens with zero attached hydrogens (tertiary/aromatic N) is 2. The molecule has 0 aliphatic rings.